The number of nitrogens with zero attached hydrogens (tertiary/aromatic N) is 2. The van der Waals surface area contributed by atoms with Crippen LogP contribution >= 0.6 is 0 Å². The van der Waals surface area contributed by atoms with Crippen LogP contribution in [0.1, 0.15) is 23.0 Å². The van der Waals surface area contributed by atoms with Gasteiger partial charge < -0.3 is 9.15 Å². The van der Waals surface area contributed by atoms with Gasteiger partial charge >= 0.3 is 11.7 Å². The zero-order valence-corrected chi connectivity index (χ0v) is 11.1. The van der Waals surface area contributed by atoms with Crippen LogP contribution in [-0.4, -0.2) is 22.4 Å². The third-order valence-electron chi connectivity index (χ3n) is 2.82. The highest BCUT2D eigenvalue weighted by molar-refractivity contribution is 6.07. The molecule has 0 fully saturated rings. The van der Waals surface area contributed by atoms with E-state index < -0.39 is 27.2 Å². The molecule has 1 heterocycles. The molecule has 0 N–H and O–H groups in total. The standard InChI is InChI=1S/C12H10N2O7/c1-3-20-12(15)10-6(2)21-11-8(10)4-7(13(16)17)5-9(11)14(18)19/h4-5H,3H2,1-2H3. The second-order valence-corrected chi connectivity index (χ2v) is 4.11. The van der Waals surface area contributed by atoms with E-state index >= 15 is 0 Å². The fourth-order valence-corrected chi connectivity index (χ4v) is 1.98. The first-order valence-electron chi connectivity index (χ1n) is 5.89. The lowest BCUT2D eigenvalue weighted by Gasteiger charge is -2.00. The molecule has 0 atom stereocenters. The molecule has 0 aliphatic rings. The average Bonchev–Trinajstić information content (AvgIpc) is 2.73. The maximum absolute atomic E-state index is 11.9. The third kappa shape index (κ3) is 2.40. The molecule has 0 spiro atoms. The number of esters is 1. The fraction of sp³-hybridized carbons (Fsp3) is 0.250. The smallest absolute Gasteiger partial charge is 0.342 e. The first-order valence-corrected chi connectivity index (χ1v) is 5.89. The van der Waals surface area contributed by atoms with Crippen molar-refractivity contribution in [3.05, 3.63) is 43.7 Å². The van der Waals surface area contributed by atoms with E-state index in [-0.39, 0.29) is 28.9 Å². The first-order chi connectivity index (χ1) is 9.86. The molecule has 9 nitrogen and oxygen atoms in total. The molecule has 0 amide bonds. The Kier molecular flexibility index (Phi) is 3.57. The van der Waals surface area contributed by atoms with E-state index in [0.717, 1.165) is 12.1 Å². The molecule has 2 aromatic rings. The summed E-state index contributed by atoms with van der Waals surface area (Å²) in [6.07, 6.45) is 0. The number of rotatable bonds is 4. The number of non-ortho nitro benzene ring substituents is 2. The monoisotopic (exact) mass is 294 g/mol. The van der Waals surface area contributed by atoms with Gasteiger partial charge in [-0.15, -0.1) is 0 Å². The van der Waals surface area contributed by atoms with Gasteiger partial charge in [0.1, 0.15) is 11.3 Å². The number of aryl methyl sites for hydroxylation is 1. The van der Waals surface area contributed by atoms with E-state index in [0.29, 0.717) is 0 Å². The number of nitro benzene ring substituents is 2. The Morgan fingerprint density at radius 1 is 1.29 bits per heavy atom. The molecule has 0 aliphatic heterocycles. The summed E-state index contributed by atoms with van der Waals surface area (Å²) in [6, 6.07) is 1.85. The molecule has 0 unspecified atom stereocenters. The average molecular weight is 294 g/mol. The minimum absolute atomic E-state index is 0.00755. The van der Waals surface area contributed by atoms with E-state index in [1.165, 1.54) is 6.92 Å². The van der Waals surface area contributed by atoms with Crippen molar-refractivity contribution in [2.75, 3.05) is 6.61 Å². The van der Waals surface area contributed by atoms with E-state index in [9.17, 15) is 25.0 Å². The van der Waals surface area contributed by atoms with Crippen LogP contribution in [0.15, 0.2) is 16.5 Å². The van der Waals surface area contributed by atoms with E-state index in [4.69, 9.17) is 9.15 Å². The van der Waals surface area contributed by atoms with Crippen molar-refractivity contribution in [3.8, 4) is 0 Å². The Morgan fingerprint density at radius 2 is 1.95 bits per heavy atom. The molecule has 2 rings (SSSR count). The number of nitro groups is 2. The van der Waals surface area contributed by atoms with Crippen LogP contribution in [0.3, 0.4) is 0 Å². The molecule has 1 aromatic carbocycles. The van der Waals surface area contributed by atoms with Crippen LogP contribution in [0, 0.1) is 27.2 Å². The lowest BCUT2D eigenvalue weighted by molar-refractivity contribution is -0.393. The maximum atomic E-state index is 11.9. The summed E-state index contributed by atoms with van der Waals surface area (Å²) in [5.74, 6) is -0.643. The molecule has 0 aliphatic carbocycles. The summed E-state index contributed by atoms with van der Waals surface area (Å²) in [6.45, 7) is 3.13. The molecule has 0 radical (unpaired) electrons. The highest BCUT2D eigenvalue weighted by Crippen LogP contribution is 2.36. The largest absolute Gasteiger partial charge is 0.462 e. The van der Waals surface area contributed by atoms with E-state index in [2.05, 4.69) is 0 Å². The van der Waals surface area contributed by atoms with Gasteiger partial charge in [0.25, 0.3) is 5.69 Å². The number of fused-ring (bicyclic) bond motifs is 1. The second-order valence-electron chi connectivity index (χ2n) is 4.11. The summed E-state index contributed by atoms with van der Waals surface area (Å²) in [7, 11) is 0. The zero-order chi connectivity index (χ0) is 15.7. The van der Waals surface area contributed by atoms with Crippen LogP contribution in [-0.2, 0) is 4.74 Å². The molecule has 0 saturated carbocycles. The Hall–Kier alpha value is -2.97. The van der Waals surface area contributed by atoms with Gasteiger partial charge in [-0.1, -0.05) is 0 Å². The Bertz CT molecular complexity index is 763. The third-order valence-corrected chi connectivity index (χ3v) is 2.82. The van der Waals surface area contributed by atoms with Crippen molar-refractivity contribution < 1.29 is 23.8 Å². The Morgan fingerprint density at radius 3 is 2.48 bits per heavy atom. The van der Waals surface area contributed by atoms with Crippen molar-refractivity contribution in [3.63, 3.8) is 0 Å². The molecular weight excluding hydrogens is 284 g/mol. The first kappa shape index (κ1) is 14.4. The minimum Gasteiger partial charge on any atom is -0.462 e. The maximum Gasteiger partial charge on any atom is 0.342 e. The van der Waals surface area contributed by atoms with Gasteiger partial charge in [-0.2, -0.15) is 0 Å². The van der Waals surface area contributed by atoms with Crippen LogP contribution in [0.4, 0.5) is 11.4 Å². The van der Waals surface area contributed by atoms with Gasteiger partial charge in [0.2, 0.25) is 5.58 Å². The normalized spacial score (nSPS) is 10.6. The van der Waals surface area contributed by atoms with Gasteiger partial charge in [0.05, 0.1) is 22.5 Å². The van der Waals surface area contributed by atoms with Crippen molar-refractivity contribution in [1.29, 1.82) is 0 Å². The topological polar surface area (TPSA) is 126 Å². The second kappa shape index (κ2) is 5.19. The number of carbonyl (C=O) groups excluding carboxylic acids is 1. The van der Waals surface area contributed by atoms with Crippen LogP contribution in [0.25, 0.3) is 11.0 Å². The molecule has 110 valence electrons. The van der Waals surface area contributed by atoms with Gasteiger partial charge in [-0.3, -0.25) is 20.2 Å². The summed E-state index contributed by atoms with van der Waals surface area (Å²) in [5, 5.41) is 21.9. The summed E-state index contributed by atoms with van der Waals surface area (Å²) < 4.78 is 10.1. The van der Waals surface area contributed by atoms with E-state index in [1.54, 1.807) is 6.92 Å². The SMILES string of the molecule is CCOC(=O)c1c(C)oc2c([N+](=O)[O-])cc([N+](=O)[O-])cc12. The highest BCUT2D eigenvalue weighted by atomic mass is 16.6. The van der Waals surface area contributed by atoms with E-state index in [1.807, 2.05) is 0 Å². The highest BCUT2D eigenvalue weighted by Gasteiger charge is 2.28. The van der Waals surface area contributed by atoms with Gasteiger partial charge in [0, 0.05) is 11.5 Å². The Labute approximate surface area is 117 Å². The fourth-order valence-electron chi connectivity index (χ4n) is 1.98. The van der Waals surface area contributed by atoms with Crippen molar-refractivity contribution >= 4 is 28.3 Å². The summed E-state index contributed by atoms with van der Waals surface area (Å²) in [5.41, 5.74) is -1.30. The van der Waals surface area contributed by atoms with Crippen molar-refractivity contribution in [1.82, 2.24) is 0 Å². The molecule has 0 bridgehead atoms. The molecule has 0 saturated heterocycles. The van der Waals surface area contributed by atoms with Crippen LogP contribution in [0.2, 0.25) is 0 Å². The summed E-state index contributed by atoms with van der Waals surface area (Å²) >= 11 is 0. The summed E-state index contributed by atoms with van der Waals surface area (Å²) in [4.78, 5) is 32.2. The van der Waals surface area contributed by atoms with Crippen LogP contribution in [0.5, 0.6) is 0 Å². The predicted octanol–water partition coefficient (Wildman–Crippen LogP) is 2.73. The van der Waals surface area contributed by atoms with Gasteiger partial charge in [0.15, 0.2) is 0 Å². The number of carbonyl (C=O) groups is 1. The molecule has 9 heteroatoms. The lowest BCUT2D eigenvalue weighted by Crippen LogP contribution is -2.05. The van der Waals surface area contributed by atoms with Crippen molar-refractivity contribution in [2.45, 2.75) is 13.8 Å². The predicted molar refractivity (Wildman–Crippen MR) is 70.2 cm³/mol. The van der Waals surface area contributed by atoms with Gasteiger partial charge in [-0.25, -0.2) is 4.79 Å². The van der Waals surface area contributed by atoms with Gasteiger partial charge in [-0.05, 0) is 13.8 Å². The lowest BCUT2D eigenvalue weighted by atomic mass is 10.1. The number of benzene rings is 1. The number of hydrogen-bond acceptors (Lipinski definition) is 7. The molecule has 21 heavy (non-hydrogen) atoms. The van der Waals surface area contributed by atoms with Crippen LogP contribution < -0.4 is 0 Å². The molecular formula is C12H10N2O7. The minimum atomic E-state index is -0.798. The van der Waals surface area contributed by atoms with Crippen molar-refractivity contribution in [2.24, 2.45) is 0 Å². The zero-order valence-electron chi connectivity index (χ0n) is 11.1. The number of hydrogen-bond donors (Lipinski definition) is 0. The Balaban J connectivity index is 2.83. The quantitative estimate of drug-likeness (QED) is 0.482. The number of ether oxygens (including phenoxy) is 1. The number of furan rings is 1. The molecule has 1 aromatic heterocycles.